The molecule has 0 spiro atoms. The Morgan fingerprint density at radius 1 is 1.41 bits per heavy atom. The number of nitrogens with one attached hydrogen (secondary N) is 1. The quantitative estimate of drug-likeness (QED) is 0.839. The van der Waals surface area contributed by atoms with Crippen molar-refractivity contribution >= 4 is 17.6 Å². The van der Waals surface area contributed by atoms with Crippen LogP contribution in [-0.4, -0.2) is 22.0 Å². The molecule has 0 atom stereocenters. The van der Waals surface area contributed by atoms with Gasteiger partial charge in [-0.05, 0) is 12.5 Å². The summed E-state index contributed by atoms with van der Waals surface area (Å²) in [4.78, 5) is 26.4. The van der Waals surface area contributed by atoms with Crippen LogP contribution in [0.5, 0.6) is 0 Å². The molecule has 0 unspecified atom stereocenters. The van der Waals surface area contributed by atoms with Crippen molar-refractivity contribution in [3.05, 3.63) is 24.0 Å². The number of anilines is 1. The number of carbonyl (C=O) groups is 2. The third-order valence-corrected chi connectivity index (χ3v) is 2.74. The molecule has 1 amide bonds. The van der Waals surface area contributed by atoms with Crippen molar-refractivity contribution in [3.63, 3.8) is 0 Å². The molecule has 0 saturated carbocycles. The largest absolute Gasteiger partial charge is 0.478 e. The number of rotatable bonds is 4. The highest BCUT2D eigenvalue weighted by atomic mass is 16.4. The van der Waals surface area contributed by atoms with Gasteiger partial charge in [0.25, 0.3) is 0 Å². The fourth-order valence-corrected chi connectivity index (χ4v) is 1.09. The minimum atomic E-state index is -1.07. The second-order valence-corrected chi connectivity index (χ2v) is 4.46. The van der Waals surface area contributed by atoms with Crippen molar-refractivity contribution in [1.82, 2.24) is 4.98 Å². The van der Waals surface area contributed by atoms with Crippen molar-refractivity contribution in [2.45, 2.75) is 27.2 Å². The second kappa shape index (κ2) is 4.95. The van der Waals surface area contributed by atoms with E-state index >= 15 is 0 Å². The number of carboxylic acids is 1. The van der Waals surface area contributed by atoms with Gasteiger partial charge in [0.2, 0.25) is 5.91 Å². The van der Waals surface area contributed by atoms with E-state index in [0.717, 1.165) is 0 Å². The van der Waals surface area contributed by atoms with E-state index in [4.69, 9.17) is 5.11 Å². The van der Waals surface area contributed by atoms with Crippen molar-refractivity contribution in [3.8, 4) is 0 Å². The molecule has 2 N–H and O–H groups in total. The molecule has 1 rings (SSSR count). The highest BCUT2D eigenvalue weighted by Gasteiger charge is 2.25. The summed E-state index contributed by atoms with van der Waals surface area (Å²) in [5.74, 6) is -1.22. The number of carbonyl (C=O) groups excluding carboxylic acids is 1. The van der Waals surface area contributed by atoms with Crippen LogP contribution >= 0.6 is 0 Å². The smallest absolute Gasteiger partial charge is 0.337 e. The number of nitrogens with zero attached hydrogens (tertiary/aromatic N) is 1. The molecule has 17 heavy (non-hydrogen) atoms. The average molecular weight is 236 g/mol. The molecule has 1 aromatic rings. The first-order valence-electron chi connectivity index (χ1n) is 5.36. The van der Waals surface area contributed by atoms with E-state index in [1.165, 1.54) is 18.5 Å². The van der Waals surface area contributed by atoms with Gasteiger partial charge in [0.1, 0.15) is 0 Å². The molecule has 1 heterocycles. The van der Waals surface area contributed by atoms with E-state index < -0.39 is 11.4 Å². The third kappa shape index (κ3) is 3.27. The van der Waals surface area contributed by atoms with Crippen LogP contribution in [0.3, 0.4) is 0 Å². The zero-order chi connectivity index (χ0) is 13.1. The van der Waals surface area contributed by atoms with Gasteiger partial charge < -0.3 is 10.4 Å². The molecule has 5 heteroatoms. The maximum Gasteiger partial charge on any atom is 0.337 e. The molecule has 0 aromatic carbocycles. The molecule has 0 aliphatic carbocycles. The lowest BCUT2D eigenvalue weighted by Gasteiger charge is -2.21. The highest BCUT2D eigenvalue weighted by molar-refractivity contribution is 5.96. The van der Waals surface area contributed by atoms with Crippen LogP contribution < -0.4 is 5.32 Å². The van der Waals surface area contributed by atoms with Gasteiger partial charge >= 0.3 is 5.97 Å². The summed E-state index contributed by atoms with van der Waals surface area (Å²) in [5, 5.41) is 11.5. The van der Waals surface area contributed by atoms with Crippen LogP contribution in [0.25, 0.3) is 0 Å². The fraction of sp³-hybridized carbons (Fsp3) is 0.417. The predicted octanol–water partition coefficient (Wildman–Crippen LogP) is 2.15. The van der Waals surface area contributed by atoms with E-state index in [1.807, 2.05) is 20.8 Å². The standard InChI is InChI=1S/C12H16N2O3/c1-4-12(2,3)11(17)14-9-5-8(10(15)16)6-13-7-9/h5-7H,4H2,1-3H3,(H,14,17)(H,15,16). The maximum atomic E-state index is 11.9. The van der Waals surface area contributed by atoms with Gasteiger partial charge in [0, 0.05) is 11.6 Å². The van der Waals surface area contributed by atoms with E-state index in [9.17, 15) is 9.59 Å². The average Bonchev–Trinajstić information content (AvgIpc) is 2.29. The minimum absolute atomic E-state index is 0.0529. The van der Waals surface area contributed by atoms with Gasteiger partial charge in [0.05, 0.1) is 17.4 Å². The van der Waals surface area contributed by atoms with Gasteiger partial charge in [-0.3, -0.25) is 9.78 Å². The first-order chi connectivity index (χ1) is 7.86. The van der Waals surface area contributed by atoms with Gasteiger partial charge in [-0.1, -0.05) is 20.8 Å². The van der Waals surface area contributed by atoms with Gasteiger partial charge in [0.15, 0.2) is 0 Å². The van der Waals surface area contributed by atoms with Crippen LogP contribution in [-0.2, 0) is 4.79 Å². The van der Waals surface area contributed by atoms with Crippen LogP contribution in [0.15, 0.2) is 18.5 Å². The maximum absolute atomic E-state index is 11.9. The van der Waals surface area contributed by atoms with Gasteiger partial charge in [-0.15, -0.1) is 0 Å². The zero-order valence-electron chi connectivity index (χ0n) is 10.2. The number of aromatic nitrogens is 1. The minimum Gasteiger partial charge on any atom is -0.478 e. The van der Waals surface area contributed by atoms with E-state index in [-0.39, 0.29) is 11.5 Å². The number of carboxylic acid groups (broad SMARTS) is 1. The normalized spacial score (nSPS) is 11.0. The topological polar surface area (TPSA) is 79.3 Å². The third-order valence-electron chi connectivity index (χ3n) is 2.74. The molecule has 0 radical (unpaired) electrons. The molecule has 1 aromatic heterocycles. The summed E-state index contributed by atoms with van der Waals surface area (Å²) in [6.07, 6.45) is 3.36. The first-order valence-corrected chi connectivity index (χ1v) is 5.36. The first kappa shape index (κ1) is 13.2. The highest BCUT2D eigenvalue weighted by Crippen LogP contribution is 2.22. The Labute approximate surface area is 99.9 Å². The second-order valence-electron chi connectivity index (χ2n) is 4.46. The number of pyridine rings is 1. The van der Waals surface area contributed by atoms with Crippen LogP contribution in [0.4, 0.5) is 5.69 Å². The molecule has 0 saturated heterocycles. The Hall–Kier alpha value is -1.91. The van der Waals surface area contributed by atoms with Gasteiger partial charge in [-0.25, -0.2) is 4.79 Å². The Kier molecular flexibility index (Phi) is 3.83. The lowest BCUT2D eigenvalue weighted by Crippen LogP contribution is -2.30. The van der Waals surface area contributed by atoms with Crippen molar-refractivity contribution in [1.29, 1.82) is 0 Å². The molecule has 0 aliphatic rings. The monoisotopic (exact) mass is 236 g/mol. The Balaban J connectivity index is 2.86. The fourth-order valence-electron chi connectivity index (χ4n) is 1.09. The van der Waals surface area contributed by atoms with E-state index in [1.54, 1.807) is 0 Å². The van der Waals surface area contributed by atoms with Gasteiger partial charge in [-0.2, -0.15) is 0 Å². The number of hydrogen-bond donors (Lipinski definition) is 2. The Morgan fingerprint density at radius 3 is 2.59 bits per heavy atom. The van der Waals surface area contributed by atoms with Crippen LogP contribution in [0.1, 0.15) is 37.6 Å². The molecule has 0 fully saturated rings. The lowest BCUT2D eigenvalue weighted by atomic mass is 9.89. The summed E-state index contributed by atoms with van der Waals surface area (Å²) >= 11 is 0. The molecular weight excluding hydrogens is 220 g/mol. The molecule has 0 aliphatic heterocycles. The van der Waals surface area contributed by atoms with Crippen molar-refractivity contribution in [2.24, 2.45) is 5.41 Å². The lowest BCUT2D eigenvalue weighted by molar-refractivity contribution is -0.124. The predicted molar refractivity (Wildman–Crippen MR) is 63.9 cm³/mol. The summed E-state index contributed by atoms with van der Waals surface area (Å²) in [7, 11) is 0. The number of aromatic carboxylic acids is 1. The molecule has 5 nitrogen and oxygen atoms in total. The van der Waals surface area contributed by atoms with E-state index in [0.29, 0.717) is 12.1 Å². The van der Waals surface area contributed by atoms with Crippen LogP contribution in [0.2, 0.25) is 0 Å². The van der Waals surface area contributed by atoms with Crippen molar-refractivity contribution < 1.29 is 14.7 Å². The SMILES string of the molecule is CCC(C)(C)C(=O)Nc1cncc(C(=O)O)c1. The summed E-state index contributed by atoms with van der Waals surface area (Å²) in [6, 6.07) is 1.39. The van der Waals surface area contributed by atoms with Crippen LogP contribution in [0, 0.1) is 5.41 Å². The number of amides is 1. The molecule has 92 valence electrons. The zero-order valence-corrected chi connectivity index (χ0v) is 10.2. The summed E-state index contributed by atoms with van der Waals surface area (Å²) in [5.41, 5.74) is -0.0345. The molecular formula is C12H16N2O3. The van der Waals surface area contributed by atoms with Crippen molar-refractivity contribution in [2.75, 3.05) is 5.32 Å². The Morgan fingerprint density at radius 2 is 2.06 bits per heavy atom. The Bertz CT molecular complexity index is 441. The molecule has 0 bridgehead atoms. The summed E-state index contributed by atoms with van der Waals surface area (Å²) in [6.45, 7) is 5.58. The summed E-state index contributed by atoms with van der Waals surface area (Å²) < 4.78 is 0. The number of hydrogen-bond acceptors (Lipinski definition) is 3. The van der Waals surface area contributed by atoms with E-state index in [2.05, 4.69) is 10.3 Å².